The maximum Gasteiger partial charge on any atom is 0.231 e. The van der Waals surface area contributed by atoms with Gasteiger partial charge in [-0.1, -0.05) is 36.4 Å². The summed E-state index contributed by atoms with van der Waals surface area (Å²) in [6.07, 6.45) is 1.66. The van der Waals surface area contributed by atoms with Crippen LogP contribution >= 0.6 is 0 Å². The Bertz CT molecular complexity index is 428. The lowest BCUT2D eigenvalue weighted by molar-refractivity contribution is -0.118. The van der Waals surface area contributed by atoms with Crippen molar-refractivity contribution >= 4 is 5.91 Å². The van der Waals surface area contributed by atoms with Crippen LogP contribution in [0.3, 0.4) is 0 Å². The van der Waals surface area contributed by atoms with E-state index in [1.807, 2.05) is 48.5 Å². The number of carbonyl (C=O) groups is 1. The average Bonchev–Trinajstić information content (AvgIpc) is 2.31. The Labute approximate surface area is 93.9 Å². The predicted octanol–water partition coefficient (Wildman–Crippen LogP) is 1.70. The van der Waals surface area contributed by atoms with Crippen LogP contribution < -0.4 is 5.73 Å². The molecular formula is C13H12N2O. The Hall–Kier alpha value is -2.16. The van der Waals surface area contributed by atoms with E-state index in [2.05, 4.69) is 4.98 Å². The third-order valence-corrected chi connectivity index (χ3v) is 2.40. The minimum absolute atomic E-state index is 0.384. The molecule has 1 aromatic heterocycles. The van der Waals surface area contributed by atoms with Crippen LogP contribution in [-0.2, 0) is 4.79 Å². The van der Waals surface area contributed by atoms with E-state index in [4.69, 9.17) is 5.73 Å². The van der Waals surface area contributed by atoms with Gasteiger partial charge in [-0.2, -0.15) is 0 Å². The zero-order valence-corrected chi connectivity index (χ0v) is 8.71. The van der Waals surface area contributed by atoms with Crippen molar-refractivity contribution in [3.8, 4) is 0 Å². The molecule has 0 bridgehead atoms. The van der Waals surface area contributed by atoms with Crippen LogP contribution in [0.5, 0.6) is 0 Å². The number of pyridine rings is 1. The van der Waals surface area contributed by atoms with Gasteiger partial charge in [0.1, 0.15) is 5.92 Å². The Balaban J connectivity index is 2.44. The van der Waals surface area contributed by atoms with Crippen molar-refractivity contribution in [1.82, 2.24) is 4.98 Å². The number of hydrogen-bond acceptors (Lipinski definition) is 2. The summed E-state index contributed by atoms with van der Waals surface area (Å²) in [6.45, 7) is 0. The molecule has 0 fully saturated rings. The summed E-state index contributed by atoms with van der Waals surface area (Å²) >= 11 is 0. The van der Waals surface area contributed by atoms with Gasteiger partial charge in [-0.05, 0) is 17.7 Å². The highest BCUT2D eigenvalue weighted by molar-refractivity contribution is 5.85. The van der Waals surface area contributed by atoms with E-state index < -0.39 is 5.92 Å². The number of primary amides is 1. The summed E-state index contributed by atoms with van der Waals surface area (Å²) in [7, 11) is 0. The fourth-order valence-electron chi connectivity index (χ4n) is 1.67. The van der Waals surface area contributed by atoms with E-state index in [9.17, 15) is 4.79 Å². The van der Waals surface area contributed by atoms with E-state index in [1.54, 1.807) is 6.20 Å². The van der Waals surface area contributed by atoms with E-state index in [-0.39, 0.29) is 5.91 Å². The van der Waals surface area contributed by atoms with Crippen molar-refractivity contribution in [2.24, 2.45) is 5.73 Å². The lowest BCUT2D eigenvalue weighted by Crippen LogP contribution is -2.23. The molecule has 1 heterocycles. The van der Waals surface area contributed by atoms with Gasteiger partial charge >= 0.3 is 0 Å². The summed E-state index contributed by atoms with van der Waals surface area (Å²) in [5.74, 6) is -0.854. The quantitative estimate of drug-likeness (QED) is 0.841. The fourth-order valence-corrected chi connectivity index (χ4v) is 1.67. The number of rotatable bonds is 3. The second-order valence-corrected chi connectivity index (χ2v) is 3.50. The fraction of sp³-hybridized carbons (Fsp3) is 0.0769. The second kappa shape index (κ2) is 4.57. The van der Waals surface area contributed by atoms with Gasteiger partial charge in [-0.25, -0.2) is 0 Å². The number of nitrogens with two attached hydrogens (primary N) is 1. The number of amides is 1. The van der Waals surface area contributed by atoms with E-state index >= 15 is 0 Å². The van der Waals surface area contributed by atoms with Crippen molar-refractivity contribution in [2.45, 2.75) is 5.92 Å². The van der Waals surface area contributed by atoms with Crippen LogP contribution in [-0.4, -0.2) is 10.9 Å². The van der Waals surface area contributed by atoms with Gasteiger partial charge in [0.2, 0.25) is 5.91 Å². The van der Waals surface area contributed by atoms with Crippen molar-refractivity contribution in [1.29, 1.82) is 0 Å². The van der Waals surface area contributed by atoms with Crippen molar-refractivity contribution in [3.05, 3.63) is 66.0 Å². The highest BCUT2D eigenvalue weighted by atomic mass is 16.1. The van der Waals surface area contributed by atoms with Gasteiger partial charge < -0.3 is 5.73 Å². The molecule has 0 aliphatic rings. The largest absolute Gasteiger partial charge is 0.369 e. The molecule has 2 rings (SSSR count). The summed E-state index contributed by atoms with van der Waals surface area (Å²) < 4.78 is 0. The highest BCUT2D eigenvalue weighted by Gasteiger charge is 2.20. The SMILES string of the molecule is NC(=O)[C@H](c1ccccc1)c1ccccn1. The molecule has 0 radical (unpaired) electrons. The second-order valence-electron chi connectivity index (χ2n) is 3.50. The zero-order valence-electron chi connectivity index (χ0n) is 8.71. The number of carbonyl (C=O) groups excluding carboxylic acids is 1. The van der Waals surface area contributed by atoms with Crippen LogP contribution in [0.1, 0.15) is 17.2 Å². The molecule has 1 atom stereocenters. The smallest absolute Gasteiger partial charge is 0.231 e. The first-order valence-corrected chi connectivity index (χ1v) is 5.04. The van der Waals surface area contributed by atoms with Crippen LogP contribution in [0.4, 0.5) is 0 Å². The maximum absolute atomic E-state index is 11.5. The van der Waals surface area contributed by atoms with Crippen LogP contribution in [0, 0.1) is 0 Å². The lowest BCUT2D eigenvalue weighted by atomic mass is 9.95. The first-order chi connectivity index (χ1) is 7.79. The minimum Gasteiger partial charge on any atom is -0.369 e. The van der Waals surface area contributed by atoms with Crippen LogP contribution in [0.2, 0.25) is 0 Å². The monoisotopic (exact) mass is 212 g/mol. The number of benzene rings is 1. The minimum atomic E-state index is -0.470. The van der Waals surface area contributed by atoms with Gasteiger partial charge in [0.15, 0.2) is 0 Å². The normalized spacial score (nSPS) is 12.0. The standard InChI is InChI=1S/C13H12N2O/c14-13(16)12(10-6-2-1-3-7-10)11-8-4-5-9-15-11/h1-9,12H,(H2,14,16)/t12-/m1/s1. The summed E-state index contributed by atoms with van der Waals surface area (Å²) in [5.41, 5.74) is 6.97. The molecule has 80 valence electrons. The number of nitrogens with zero attached hydrogens (tertiary/aromatic N) is 1. The lowest BCUT2D eigenvalue weighted by Gasteiger charge is -2.12. The Morgan fingerprint density at radius 1 is 1.06 bits per heavy atom. The molecule has 3 nitrogen and oxygen atoms in total. The Morgan fingerprint density at radius 2 is 1.75 bits per heavy atom. The Morgan fingerprint density at radius 3 is 2.31 bits per heavy atom. The number of hydrogen-bond donors (Lipinski definition) is 1. The third-order valence-electron chi connectivity index (χ3n) is 2.40. The van der Waals surface area contributed by atoms with E-state index in [0.29, 0.717) is 5.69 Å². The van der Waals surface area contributed by atoms with Crippen molar-refractivity contribution in [3.63, 3.8) is 0 Å². The predicted molar refractivity (Wildman–Crippen MR) is 61.7 cm³/mol. The molecular weight excluding hydrogens is 200 g/mol. The third kappa shape index (κ3) is 2.08. The molecule has 16 heavy (non-hydrogen) atoms. The van der Waals surface area contributed by atoms with Crippen LogP contribution in [0.15, 0.2) is 54.7 Å². The molecule has 0 spiro atoms. The molecule has 0 unspecified atom stereocenters. The van der Waals surface area contributed by atoms with E-state index in [0.717, 1.165) is 5.56 Å². The summed E-state index contributed by atoms with van der Waals surface area (Å²) in [5, 5.41) is 0. The Kier molecular flexibility index (Phi) is 2.96. The van der Waals surface area contributed by atoms with Gasteiger partial charge in [-0.15, -0.1) is 0 Å². The summed E-state index contributed by atoms with van der Waals surface area (Å²) in [4.78, 5) is 15.7. The van der Waals surface area contributed by atoms with Crippen LogP contribution in [0.25, 0.3) is 0 Å². The van der Waals surface area contributed by atoms with Gasteiger partial charge in [-0.3, -0.25) is 9.78 Å². The molecule has 2 N–H and O–H groups in total. The molecule has 3 heteroatoms. The average molecular weight is 212 g/mol. The molecule has 0 aliphatic carbocycles. The zero-order chi connectivity index (χ0) is 11.4. The molecule has 0 aliphatic heterocycles. The summed E-state index contributed by atoms with van der Waals surface area (Å²) in [6, 6.07) is 14.9. The molecule has 1 amide bonds. The molecule has 1 aromatic carbocycles. The molecule has 0 saturated heterocycles. The molecule has 0 saturated carbocycles. The van der Waals surface area contributed by atoms with Crippen molar-refractivity contribution in [2.75, 3.05) is 0 Å². The molecule has 2 aromatic rings. The number of aromatic nitrogens is 1. The highest BCUT2D eigenvalue weighted by Crippen LogP contribution is 2.21. The van der Waals surface area contributed by atoms with Gasteiger partial charge in [0.05, 0.1) is 5.69 Å². The van der Waals surface area contributed by atoms with Gasteiger partial charge in [0.25, 0.3) is 0 Å². The maximum atomic E-state index is 11.5. The van der Waals surface area contributed by atoms with Gasteiger partial charge in [0, 0.05) is 6.20 Å². The topological polar surface area (TPSA) is 56.0 Å². The van der Waals surface area contributed by atoms with Crippen molar-refractivity contribution < 1.29 is 4.79 Å². The van der Waals surface area contributed by atoms with E-state index in [1.165, 1.54) is 0 Å². The first kappa shape index (κ1) is 10.4. The first-order valence-electron chi connectivity index (χ1n) is 5.04.